The maximum absolute atomic E-state index is 12.2. The largest absolute Gasteiger partial charge is 0.405 e. The molecule has 0 spiro atoms. The molecule has 1 N–H and O–H groups in total. The van der Waals surface area contributed by atoms with Gasteiger partial charge < -0.3 is 4.42 Å². The monoisotopic (exact) mass is 304 g/mol. The van der Waals surface area contributed by atoms with Crippen LogP contribution in [0.25, 0.3) is 11.1 Å². The molecule has 22 heavy (non-hydrogen) atoms. The first-order valence-electron chi connectivity index (χ1n) is 7.75. The highest BCUT2D eigenvalue weighted by atomic mass is 16.4. The van der Waals surface area contributed by atoms with Crippen LogP contribution >= 0.6 is 0 Å². The third-order valence-corrected chi connectivity index (χ3v) is 4.09. The summed E-state index contributed by atoms with van der Waals surface area (Å²) in [5.41, 5.74) is -0.721. The van der Waals surface area contributed by atoms with Gasteiger partial charge in [-0.3, -0.25) is 14.3 Å². The van der Waals surface area contributed by atoms with Crippen LogP contribution in [0.4, 0.5) is 0 Å². The van der Waals surface area contributed by atoms with Crippen molar-refractivity contribution in [2.24, 2.45) is 11.8 Å². The molecular weight excluding hydrogens is 284 g/mol. The van der Waals surface area contributed by atoms with Crippen molar-refractivity contribution < 1.29 is 4.42 Å². The molecule has 0 amide bonds. The molecule has 0 atom stereocenters. The number of aromatic amines is 1. The molecule has 1 aliphatic carbocycles. The van der Waals surface area contributed by atoms with Gasteiger partial charge in [0.2, 0.25) is 5.71 Å². The molecule has 0 aromatic carbocycles. The summed E-state index contributed by atoms with van der Waals surface area (Å²) in [6.07, 6.45) is 3.60. The van der Waals surface area contributed by atoms with Crippen molar-refractivity contribution >= 4 is 11.1 Å². The Morgan fingerprint density at radius 3 is 2.68 bits per heavy atom. The van der Waals surface area contributed by atoms with Crippen molar-refractivity contribution in [3.05, 3.63) is 42.9 Å². The Morgan fingerprint density at radius 2 is 2.05 bits per heavy atom. The van der Waals surface area contributed by atoms with E-state index in [2.05, 4.69) is 18.8 Å². The van der Waals surface area contributed by atoms with Crippen LogP contribution in [0.1, 0.15) is 38.7 Å². The topological polar surface area (TPSA) is 85.1 Å². The fourth-order valence-corrected chi connectivity index (χ4v) is 2.65. The van der Waals surface area contributed by atoms with Crippen LogP contribution in [0.15, 0.2) is 24.9 Å². The summed E-state index contributed by atoms with van der Waals surface area (Å²) in [5.74, 6) is 0.884. The number of fused-ring (bicyclic) bond motifs is 1. The highest BCUT2D eigenvalue weighted by Crippen LogP contribution is 2.30. The predicted molar refractivity (Wildman–Crippen MR) is 83.2 cm³/mol. The van der Waals surface area contributed by atoms with Gasteiger partial charge in [-0.25, -0.2) is 9.59 Å². The second-order valence-electron chi connectivity index (χ2n) is 6.52. The maximum atomic E-state index is 12.2. The molecule has 2 aromatic rings. The summed E-state index contributed by atoms with van der Waals surface area (Å²) in [4.78, 5) is 38.4. The molecule has 6 heteroatoms. The third kappa shape index (κ3) is 2.91. The Bertz CT molecular complexity index is 868. The summed E-state index contributed by atoms with van der Waals surface area (Å²) < 4.78 is 6.62. The van der Waals surface area contributed by atoms with Crippen molar-refractivity contribution in [1.82, 2.24) is 9.55 Å². The number of rotatable bonds is 5. The van der Waals surface area contributed by atoms with Crippen molar-refractivity contribution in [1.29, 1.82) is 0 Å². The van der Waals surface area contributed by atoms with E-state index in [1.165, 1.54) is 10.6 Å². The van der Waals surface area contributed by atoms with Crippen molar-refractivity contribution in [3.8, 4) is 0 Å². The molecule has 0 bridgehead atoms. The van der Waals surface area contributed by atoms with Crippen LogP contribution < -0.4 is 16.9 Å². The molecule has 2 aromatic heterocycles. The Morgan fingerprint density at radius 1 is 1.32 bits per heavy atom. The van der Waals surface area contributed by atoms with E-state index in [4.69, 9.17) is 4.42 Å². The van der Waals surface area contributed by atoms with Gasteiger partial charge in [-0.1, -0.05) is 13.8 Å². The summed E-state index contributed by atoms with van der Waals surface area (Å²) in [6, 6.07) is 1.37. The lowest BCUT2D eigenvalue weighted by molar-refractivity contribution is 0.490. The molecule has 118 valence electrons. The number of aryl methyl sites for hydroxylation is 1. The van der Waals surface area contributed by atoms with E-state index in [9.17, 15) is 14.4 Å². The Kier molecular flexibility index (Phi) is 3.76. The molecule has 0 radical (unpaired) electrons. The van der Waals surface area contributed by atoms with Gasteiger partial charge in [0.05, 0.1) is 0 Å². The summed E-state index contributed by atoms with van der Waals surface area (Å²) in [6.45, 7) is 4.66. The normalized spacial score (nSPS) is 14.9. The minimum Gasteiger partial charge on any atom is -0.405 e. The SMILES string of the molecule is CC(C)CCc1cc(=O)oc2c1c(=O)[nH]c(=O)n2CC1CC1. The molecule has 6 nitrogen and oxygen atoms in total. The zero-order valence-electron chi connectivity index (χ0n) is 12.8. The van der Waals surface area contributed by atoms with E-state index < -0.39 is 16.9 Å². The van der Waals surface area contributed by atoms with Gasteiger partial charge in [0.1, 0.15) is 5.39 Å². The molecule has 0 saturated heterocycles. The second-order valence-corrected chi connectivity index (χ2v) is 6.52. The van der Waals surface area contributed by atoms with E-state index in [-0.39, 0.29) is 5.71 Å². The molecule has 2 heterocycles. The van der Waals surface area contributed by atoms with E-state index in [0.717, 1.165) is 19.3 Å². The first kappa shape index (κ1) is 14.8. The minimum absolute atomic E-state index is 0.118. The highest BCUT2D eigenvalue weighted by Gasteiger charge is 2.25. The first-order valence-corrected chi connectivity index (χ1v) is 7.75. The average molecular weight is 304 g/mol. The Labute approximate surface area is 126 Å². The third-order valence-electron chi connectivity index (χ3n) is 4.09. The molecule has 1 aliphatic rings. The van der Waals surface area contributed by atoms with Crippen molar-refractivity contribution in [2.45, 2.75) is 46.1 Å². The van der Waals surface area contributed by atoms with Gasteiger partial charge in [0, 0.05) is 12.6 Å². The lowest BCUT2D eigenvalue weighted by Gasteiger charge is -2.10. The summed E-state index contributed by atoms with van der Waals surface area (Å²) in [7, 11) is 0. The zero-order chi connectivity index (χ0) is 15.9. The van der Waals surface area contributed by atoms with Gasteiger partial charge in [0.25, 0.3) is 5.56 Å². The smallest absolute Gasteiger partial charge is 0.337 e. The summed E-state index contributed by atoms with van der Waals surface area (Å²) >= 11 is 0. The maximum Gasteiger partial charge on any atom is 0.337 e. The minimum atomic E-state index is -0.513. The fourth-order valence-electron chi connectivity index (χ4n) is 2.65. The van der Waals surface area contributed by atoms with Crippen LogP contribution in [0.3, 0.4) is 0 Å². The lowest BCUT2D eigenvalue weighted by atomic mass is 10.0. The number of hydrogen-bond acceptors (Lipinski definition) is 4. The van der Waals surface area contributed by atoms with Crippen LogP contribution in [0.5, 0.6) is 0 Å². The molecule has 1 saturated carbocycles. The predicted octanol–water partition coefficient (Wildman–Crippen LogP) is 1.64. The second kappa shape index (κ2) is 5.59. The van der Waals surface area contributed by atoms with Crippen molar-refractivity contribution in [2.75, 3.05) is 0 Å². The molecule has 0 unspecified atom stereocenters. The zero-order valence-corrected chi connectivity index (χ0v) is 12.8. The van der Waals surface area contributed by atoms with Crippen molar-refractivity contribution in [3.63, 3.8) is 0 Å². The first-order chi connectivity index (χ1) is 10.5. The average Bonchev–Trinajstić information content (AvgIpc) is 3.24. The Balaban J connectivity index is 2.22. The van der Waals surface area contributed by atoms with Crippen LogP contribution in [-0.4, -0.2) is 9.55 Å². The number of nitrogens with one attached hydrogen (secondary N) is 1. The van der Waals surface area contributed by atoms with Gasteiger partial charge in [-0.2, -0.15) is 0 Å². The van der Waals surface area contributed by atoms with E-state index in [1.54, 1.807) is 0 Å². The number of H-pyrrole nitrogens is 1. The van der Waals surface area contributed by atoms with Gasteiger partial charge in [0.15, 0.2) is 0 Å². The fraction of sp³-hybridized carbons (Fsp3) is 0.562. The highest BCUT2D eigenvalue weighted by molar-refractivity contribution is 5.75. The molecule has 0 aliphatic heterocycles. The quantitative estimate of drug-likeness (QED) is 0.910. The number of nitrogens with zero attached hydrogens (tertiary/aromatic N) is 1. The summed E-state index contributed by atoms with van der Waals surface area (Å²) in [5, 5.41) is 0.334. The lowest BCUT2D eigenvalue weighted by Crippen LogP contribution is -2.32. The number of aromatic nitrogens is 2. The van der Waals surface area contributed by atoms with Gasteiger partial charge >= 0.3 is 11.3 Å². The van der Waals surface area contributed by atoms with Crippen LogP contribution in [0, 0.1) is 11.8 Å². The standard InChI is InChI=1S/C16H20N2O4/c1-9(2)3-6-11-7-12(19)22-15-13(11)14(20)17-16(21)18(15)8-10-4-5-10/h7,9-10H,3-6,8H2,1-2H3,(H,17,20,21). The number of hydrogen-bond donors (Lipinski definition) is 1. The molecular formula is C16H20N2O4. The van der Waals surface area contributed by atoms with Crippen LogP contribution in [0.2, 0.25) is 0 Å². The van der Waals surface area contributed by atoms with Gasteiger partial charge in [-0.05, 0) is 43.1 Å². The van der Waals surface area contributed by atoms with E-state index in [0.29, 0.717) is 35.8 Å². The Hall–Kier alpha value is -2.11. The molecule has 3 rings (SSSR count). The molecule has 1 fully saturated rings. The van der Waals surface area contributed by atoms with E-state index in [1.807, 2.05) is 0 Å². The van der Waals surface area contributed by atoms with E-state index >= 15 is 0 Å². The van der Waals surface area contributed by atoms with Crippen LogP contribution in [-0.2, 0) is 13.0 Å². The van der Waals surface area contributed by atoms with Gasteiger partial charge in [-0.15, -0.1) is 0 Å².